The smallest absolute Gasteiger partial charge is 0.217 e. The Hall–Kier alpha value is -2.13. The van der Waals surface area contributed by atoms with E-state index in [1.165, 1.54) is 24.0 Å². The molecule has 2 N–H and O–H groups in total. The molecular weight excluding hydrogens is 308 g/mol. The van der Waals surface area contributed by atoms with Crippen LogP contribution < -0.4 is 5.73 Å². The van der Waals surface area contributed by atoms with Crippen LogP contribution in [0.4, 0.5) is 0 Å². The number of nitrogens with zero attached hydrogens (tertiary/aromatic N) is 1. The van der Waals surface area contributed by atoms with Crippen molar-refractivity contribution in [1.82, 2.24) is 4.90 Å². The van der Waals surface area contributed by atoms with Crippen LogP contribution in [0.25, 0.3) is 0 Å². The van der Waals surface area contributed by atoms with E-state index >= 15 is 0 Å². The molecule has 0 aromatic heterocycles. The number of rotatable bonds is 7. The van der Waals surface area contributed by atoms with Gasteiger partial charge in [0.1, 0.15) is 0 Å². The van der Waals surface area contributed by atoms with Gasteiger partial charge in [-0.2, -0.15) is 0 Å². The van der Waals surface area contributed by atoms with Crippen LogP contribution in [0.15, 0.2) is 60.7 Å². The minimum absolute atomic E-state index is 0.175. The monoisotopic (exact) mass is 336 g/mol. The third kappa shape index (κ3) is 4.93. The minimum Gasteiger partial charge on any atom is -0.370 e. The van der Waals surface area contributed by atoms with E-state index in [1.807, 2.05) is 0 Å². The van der Waals surface area contributed by atoms with Crippen LogP contribution in [0, 0.1) is 5.92 Å². The fraction of sp³-hybridized carbons (Fsp3) is 0.409. The van der Waals surface area contributed by atoms with Crippen LogP contribution >= 0.6 is 0 Å². The highest BCUT2D eigenvalue weighted by Crippen LogP contribution is 2.33. The maximum atomic E-state index is 10.9. The molecule has 0 unspecified atom stereocenters. The molecule has 1 saturated heterocycles. The summed E-state index contributed by atoms with van der Waals surface area (Å²) >= 11 is 0. The molecule has 1 aliphatic heterocycles. The van der Waals surface area contributed by atoms with E-state index in [2.05, 4.69) is 65.6 Å². The number of hydrogen-bond donors (Lipinski definition) is 1. The summed E-state index contributed by atoms with van der Waals surface area (Å²) in [5, 5.41) is 0. The van der Waals surface area contributed by atoms with Gasteiger partial charge in [-0.3, -0.25) is 9.69 Å². The van der Waals surface area contributed by atoms with E-state index in [0.717, 1.165) is 31.8 Å². The Kier molecular flexibility index (Phi) is 6.24. The van der Waals surface area contributed by atoms with E-state index in [1.54, 1.807) is 0 Å². The molecule has 1 heterocycles. The highest BCUT2D eigenvalue weighted by molar-refractivity contribution is 5.73. The van der Waals surface area contributed by atoms with Crippen LogP contribution in [-0.4, -0.2) is 23.9 Å². The Morgan fingerprint density at radius 2 is 1.48 bits per heavy atom. The lowest BCUT2D eigenvalue weighted by atomic mass is 9.88. The normalized spacial score (nSPS) is 16.2. The fourth-order valence-electron chi connectivity index (χ4n) is 3.95. The molecule has 1 fully saturated rings. The molecule has 25 heavy (non-hydrogen) atoms. The molecule has 3 rings (SSSR count). The van der Waals surface area contributed by atoms with E-state index < -0.39 is 0 Å². The van der Waals surface area contributed by atoms with Gasteiger partial charge in [-0.05, 0) is 55.8 Å². The lowest BCUT2D eigenvalue weighted by Crippen LogP contribution is -2.37. The van der Waals surface area contributed by atoms with Crippen molar-refractivity contribution in [2.45, 2.75) is 38.1 Å². The average Bonchev–Trinajstić information content (AvgIpc) is 2.65. The van der Waals surface area contributed by atoms with Gasteiger partial charge in [-0.15, -0.1) is 0 Å². The molecule has 0 radical (unpaired) electrons. The lowest BCUT2D eigenvalue weighted by molar-refractivity contribution is -0.118. The average molecular weight is 336 g/mol. The maximum Gasteiger partial charge on any atom is 0.217 e. The van der Waals surface area contributed by atoms with Gasteiger partial charge < -0.3 is 5.73 Å². The van der Waals surface area contributed by atoms with Crippen LogP contribution in [0.1, 0.15) is 49.3 Å². The summed E-state index contributed by atoms with van der Waals surface area (Å²) in [5.41, 5.74) is 7.98. The number of nitrogens with two attached hydrogens (primary N) is 1. The molecule has 2 aromatic rings. The van der Waals surface area contributed by atoms with Gasteiger partial charge in [-0.25, -0.2) is 0 Å². The van der Waals surface area contributed by atoms with Crippen LogP contribution in [0.5, 0.6) is 0 Å². The van der Waals surface area contributed by atoms with E-state index in [4.69, 9.17) is 5.73 Å². The van der Waals surface area contributed by atoms with Crippen LogP contribution in [0.3, 0.4) is 0 Å². The summed E-state index contributed by atoms with van der Waals surface area (Å²) in [4.78, 5) is 13.5. The molecule has 0 atom stereocenters. The fourth-order valence-corrected chi connectivity index (χ4v) is 3.95. The van der Waals surface area contributed by atoms with Crippen molar-refractivity contribution in [2.75, 3.05) is 13.1 Å². The summed E-state index contributed by atoms with van der Waals surface area (Å²) in [6.45, 7) is 2.21. The quantitative estimate of drug-likeness (QED) is 0.826. The first-order valence-corrected chi connectivity index (χ1v) is 9.36. The Balaban J connectivity index is 1.66. The summed E-state index contributed by atoms with van der Waals surface area (Å²) in [6, 6.07) is 21.9. The van der Waals surface area contributed by atoms with Crippen molar-refractivity contribution in [3.63, 3.8) is 0 Å². The van der Waals surface area contributed by atoms with Gasteiger partial charge in [-0.1, -0.05) is 60.7 Å². The second-order valence-corrected chi connectivity index (χ2v) is 7.06. The molecule has 0 bridgehead atoms. The number of benzene rings is 2. The number of piperidine rings is 1. The Morgan fingerprint density at radius 3 is 1.96 bits per heavy atom. The SMILES string of the molecule is NC(=O)CCCC1CCN(C(c2ccccc2)c2ccccc2)CC1. The first-order valence-electron chi connectivity index (χ1n) is 9.36. The van der Waals surface area contributed by atoms with Crippen LogP contribution in [-0.2, 0) is 4.79 Å². The summed E-state index contributed by atoms with van der Waals surface area (Å²) in [5.74, 6) is 0.549. The number of primary amides is 1. The van der Waals surface area contributed by atoms with Crippen molar-refractivity contribution >= 4 is 5.91 Å². The summed E-state index contributed by atoms with van der Waals surface area (Å²) < 4.78 is 0. The number of carbonyl (C=O) groups is 1. The van der Waals surface area contributed by atoms with Crippen molar-refractivity contribution in [1.29, 1.82) is 0 Å². The van der Waals surface area contributed by atoms with Crippen molar-refractivity contribution in [3.8, 4) is 0 Å². The summed E-state index contributed by atoms with van der Waals surface area (Å²) in [7, 11) is 0. The number of likely N-dealkylation sites (tertiary alicyclic amines) is 1. The van der Waals surface area contributed by atoms with E-state index in [-0.39, 0.29) is 5.91 Å². The number of amides is 1. The lowest BCUT2D eigenvalue weighted by Gasteiger charge is -2.38. The second-order valence-electron chi connectivity index (χ2n) is 7.06. The molecule has 0 aliphatic carbocycles. The topological polar surface area (TPSA) is 46.3 Å². The van der Waals surface area contributed by atoms with E-state index in [9.17, 15) is 4.79 Å². The first kappa shape index (κ1) is 17.7. The van der Waals surface area contributed by atoms with Crippen LogP contribution in [0.2, 0.25) is 0 Å². The zero-order valence-corrected chi connectivity index (χ0v) is 14.8. The number of carbonyl (C=O) groups excluding carboxylic acids is 1. The Bertz CT molecular complexity index is 609. The van der Waals surface area contributed by atoms with Gasteiger partial charge in [0.15, 0.2) is 0 Å². The second kappa shape index (κ2) is 8.82. The van der Waals surface area contributed by atoms with Gasteiger partial charge in [0.05, 0.1) is 6.04 Å². The number of hydrogen-bond acceptors (Lipinski definition) is 2. The van der Waals surface area contributed by atoms with E-state index in [0.29, 0.717) is 12.5 Å². The predicted octanol–water partition coefficient (Wildman–Crippen LogP) is 4.14. The standard InChI is InChI=1S/C22H28N2O/c23-21(25)13-7-8-18-14-16-24(17-15-18)22(19-9-3-1-4-10-19)20-11-5-2-6-12-20/h1-6,9-12,18,22H,7-8,13-17H2,(H2,23,25). The van der Waals surface area contributed by atoms with Gasteiger partial charge >= 0.3 is 0 Å². The molecule has 0 spiro atoms. The van der Waals surface area contributed by atoms with Gasteiger partial charge in [0.25, 0.3) is 0 Å². The molecule has 1 aliphatic rings. The molecule has 3 nitrogen and oxygen atoms in total. The highest BCUT2D eigenvalue weighted by Gasteiger charge is 2.27. The van der Waals surface area contributed by atoms with Gasteiger partial charge in [0, 0.05) is 6.42 Å². The minimum atomic E-state index is -0.175. The molecule has 1 amide bonds. The Morgan fingerprint density at radius 1 is 0.960 bits per heavy atom. The highest BCUT2D eigenvalue weighted by atomic mass is 16.1. The largest absolute Gasteiger partial charge is 0.370 e. The molecule has 2 aromatic carbocycles. The zero-order chi connectivity index (χ0) is 17.5. The molecule has 3 heteroatoms. The first-order chi connectivity index (χ1) is 12.2. The zero-order valence-electron chi connectivity index (χ0n) is 14.8. The molecular formula is C22H28N2O. The van der Waals surface area contributed by atoms with Crippen molar-refractivity contribution in [3.05, 3.63) is 71.8 Å². The molecule has 132 valence electrons. The third-order valence-corrected chi connectivity index (χ3v) is 5.28. The van der Waals surface area contributed by atoms with Gasteiger partial charge in [0.2, 0.25) is 5.91 Å². The predicted molar refractivity (Wildman–Crippen MR) is 102 cm³/mol. The summed E-state index contributed by atoms with van der Waals surface area (Å²) in [6.07, 6.45) is 4.99. The third-order valence-electron chi connectivity index (χ3n) is 5.28. The molecule has 0 saturated carbocycles. The maximum absolute atomic E-state index is 10.9. The Labute approximate surface area is 150 Å². The van der Waals surface area contributed by atoms with Crippen molar-refractivity contribution in [2.24, 2.45) is 11.7 Å². The van der Waals surface area contributed by atoms with Crippen molar-refractivity contribution < 1.29 is 4.79 Å².